The maximum absolute atomic E-state index is 9.50. The van der Waals surface area contributed by atoms with Crippen molar-refractivity contribution < 1.29 is 0 Å². The first kappa shape index (κ1) is 13.6. The molecule has 0 radical (unpaired) electrons. The second-order valence-corrected chi connectivity index (χ2v) is 5.95. The first-order valence-corrected chi connectivity index (χ1v) is 7.60. The average molecular weight is 310 g/mol. The van der Waals surface area contributed by atoms with Crippen LogP contribution in [-0.4, -0.2) is 9.78 Å². The average Bonchev–Trinajstić information content (AvgIpc) is 2.97. The molecule has 98 valence electrons. The minimum absolute atomic E-state index is 0.152. The van der Waals surface area contributed by atoms with E-state index < -0.39 is 0 Å². The molecule has 1 saturated carbocycles. The smallest absolute Gasteiger partial charge is 0.0766 e. The van der Waals surface area contributed by atoms with Gasteiger partial charge in [-0.1, -0.05) is 19.8 Å². The van der Waals surface area contributed by atoms with Gasteiger partial charge in [0, 0.05) is 13.0 Å². The summed E-state index contributed by atoms with van der Waals surface area (Å²) in [5.74, 6) is 0. The molecule has 4 heteroatoms. The Morgan fingerprint density at radius 1 is 1.39 bits per heavy atom. The fourth-order valence-corrected chi connectivity index (χ4v) is 3.59. The zero-order valence-electron chi connectivity index (χ0n) is 11.2. The minimum Gasteiger partial charge on any atom is -0.268 e. The monoisotopic (exact) mass is 309 g/mol. The van der Waals surface area contributed by atoms with Crippen LogP contribution in [0.25, 0.3) is 0 Å². The summed E-state index contributed by atoms with van der Waals surface area (Å²) >= 11 is 3.67. The van der Waals surface area contributed by atoms with Crippen LogP contribution in [0.15, 0.2) is 4.47 Å². The van der Waals surface area contributed by atoms with Gasteiger partial charge in [0.05, 0.1) is 27.3 Å². The lowest BCUT2D eigenvalue weighted by Gasteiger charge is -2.20. The number of nitrogens with zero attached hydrogens (tertiary/aromatic N) is 3. The molecule has 0 aromatic carbocycles. The third kappa shape index (κ3) is 2.33. The molecule has 0 aliphatic heterocycles. The van der Waals surface area contributed by atoms with Crippen molar-refractivity contribution >= 4 is 15.9 Å². The number of aromatic nitrogens is 2. The van der Waals surface area contributed by atoms with Gasteiger partial charge in [0.2, 0.25) is 0 Å². The number of halogens is 1. The molecule has 1 aliphatic carbocycles. The van der Waals surface area contributed by atoms with Crippen molar-refractivity contribution in [1.29, 1.82) is 5.26 Å². The number of aryl methyl sites for hydroxylation is 2. The van der Waals surface area contributed by atoms with Gasteiger partial charge >= 0.3 is 0 Å². The first-order chi connectivity index (χ1) is 8.65. The van der Waals surface area contributed by atoms with Gasteiger partial charge in [-0.25, -0.2) is 0 Å². The van der Waals surface area contributed by atoms with Gasteiger partial charge in [-0.05, 0) is 42.1 Å². The van der Waals surface area contributed by atoms with Gasteiger partial charge in [0.15, 0.2) is 0 Å². The molecule has 0 bridgehead atoms. The molecule has 0 saturated heterocycles. The lowest BCUT2D eigenvalue weighted by Crippen LogP contribution is -2.20. The van der Waals surface area contributed by atoms with E-state index in [2.05, 4.69) is 45.6 Å². The molecule has 18 heavy (non-hydrogen) atoms. The molecule has 0 atom stereocenters. The Bertz CT molecular complexity index is 464. The van der Waals surface area contributed by atoms with Crippen molar-refractivity contribution in [2.45, 2.75) is 58.9 Å². The second-order valence-electron chi connectivity index (χ2n) is 5.15. The maximum atomic E-state index is 9.50. The third-order valence-electron chi connectivity index (χ3n) is 4.00. The fourth-order valence-electron chi connectivity index (χ4n) is 2.89. The van der Waals surface area contributed by atoms with Crippen LogP contribution in [-0.2, 0) is 19.4 Å². The topological polar surface area (TPSA) is 41.6 Å². The summed E-state index contributed by atoms with van der Waals surface area (Å²) in [6.07, 6.45) is 6.21. The van der Waals surface area contributed by atoms with Gasteiger partial charge in [0.1, 0.15) is 0 Å². The number of hydrogen-bond acceptors (Lipinski definition) is 2. The van der Waals surface area contributed by atoms with Crippen LogP contribution >= 0.6 is 15.9 Å². The molecule has 1 aromatic heterocycles. The van der Waals surface area contributed by atoms with Crippen LogP contribution in [0.2, 0.25) is 0 Å². The molecule has 0 unspecified atom stereocenters. The van der Waals surface area contributed by atoms with Crippen molar-refractivity contribution in [3.63, 3.8) is 0 Å². The SMILES string of the molecule is CCc1nn(CC)c(CC2(C#N)CCCC2)c1Br. The van der Waals surface area contributed by atoms with Gasteiger partial charge < -0.3 is 0 Å². The molecule has 1 aliphatic rings. The Balaban J connectivity index is 2.33. The van der Waals surface area contributed by atoms with Crippen molar-refractivity contribution in [2.24, 2.45) is 5.41 Å². The highest BCUT2D eigenvalue weighted by Gasteiger charge is 2.36. The van der Waals surface area contributed by atoms with E-state index in [1.165, 1.54) is 18.5 Å². The first-order valence-electron chi connectivity index (χ1n) is 6.81. The van der Waals surface area contributed by atoms with Crippen LogP contribution in [0.5, 0.6) is 0 Å². The summed E-state index contributed by atoms with van der Waals surface area (Å²) < 4.78 is 3.17. The third-order valence-corrected chi connectivity index (χ3v) is 4.91. The largest absolute Gasteiger partial charge is 0.268 e. The Morgan fingerprint density at radius 3 is 2.56 bits per heavy atom. The van der Waals surface area contributed by atoms with E-state index in [0.717, 1.165) is 42.4 Å². The van der Waals surface area contributed by atoms with E-state index in [1.807, 2.05) is 0 Å². The summed E-state index contributed by atoms with van der Waals surface area (Å²) in [6, 6.07) is 2.57. The zero-order chi connectivity index (χ0) is 13.2. The van der Waals surface area contributed by atoms with Crippen molar-refractivity contribution in [1.82, 2.24) is 9.78 Å². The summed E-state index contributed by atoms with van der Waals surface area (Å²) in [6.45, 7) is 5.10. The van der Waals surface area contributed by atoms with Gasteiger partial charge in [0.25, 0.3) is 0 Å². The molecule has 1 fully saturated rings. The van der Waals surface area contributed by atoms with Crippen molar-refractivity contribution in [3.8, 4) is 6.07 Å². The Hall–Kier alpha value is -0.820. The number of hydrogen-bond donors (Lipinski definition) is 0. The molecule has 2 rings (SSSR count). The summed E-state index contributed by atoms with van der Waals surface area (Å²) in [5, 5.41) is 14.1. The van der Waals surface area contributed by atoms with Gasteiger partial charge in [-0.3, -0.25) is 4.68 Å². The molecule has 0 spiro atoms. The van der Waals surface area contributed by atoms with Crippen molar-refractivity contribution in [3.05, 3.63) is 15.9 Å². The summed E-state index contributed by atoms with van der Waals surface area (Å²) in [4.78, 5) is 0. The van der Waals surface area contributed by atoms with Crippen LogP contribution in [0, 0.1) is 16.7 Å². The molecular formula is C14H20BrN3. The lowest BCUT2D eigenvalue weighted by atomic mass is 9.83. The lowest BCUT2D eigenvalue weighted by molar-refractivity contribution is 0.391. The van der Waals surface area contributed by atoms with Gasteiger partial charge in [-0.2, -0.15) is 10.4 Å². The number of nitriles is 1. The highest BCUT2D eigenvalue weighted by Crippen LogP contribution is 2.41. The predicted molar refractivity (Wildman–Crippen MR) is 75.2 cm³/mol. The maximum Gasteiger partial charge on any atom is 0.0766 e. The highest BCUT2D eigenvalue weighted by molar-refractivity contribution is 9.10. The summed E-state index contributed by atoms with van der Waals surface area (Å²) in [7, 11) is 0. The highest BCUT2D eigenvalue weighted by atomic mass is 79.9. The molecule has 0 N–H and O–H groups in total. The van der Waals surface area contributed by atoms with E-state index in [9.17, 15) is 5.26 Å². The Morgan fingerprint density at radius 2 is 2.06 bits per heavy atom. The zero-order valence-corrected chi connectivity index (χ0v) is 12.8. The molecule has 1 aromatic rings. The van der Waals surface area contributed by atoms with Crippen LogP contribution < -0.4 is 0 Å². The normalized spacial score (nSPS) is 17.9. The Labute approximate surface area is 117 Å². The van der Waals surface area contributed by atoms with E-state index >= 15 is 0 Å². The van der Waals surface area contributed by atoms with Crippen LogP contribution in [0.3, 0.4) is 0 Å². The molecular weight excluding hydrogens is 290 g/mol. The van der Waals surface area contributed by atoms with Gasteiger partial charge in [-0.15, -0.1) is 0 Å². The quantitative estimate of drug-likeness (QED) is 0.847. The molecule has 1 heterocycles. The van der Waals surface area contributed by atoms with Crippen LogP contribution in [0.1, 0.15) is 50.9 Å². The van der Waals surface area contributed by atoms with Crippen LogP contribution in [0.4, 0.5) is 0 Å². The molecule has 3 nitrogen and oxygen atoms in total. The predicted octanol–water partition coefficient (Wildman–Crippen LogP) is 3.85. The molecule has 0 amide bonds. The number of rotatable bonds is 4. The fraction of sp³-hybridized carbons (Fsp3) is 0.714. The summed E-state index contributed by atoms with van der Waals surface area (Å²) in [5.41, 5.74) is 2.16. The second kappa shape index (κ2) is 5.44. The minimum atomic E-state index is -0.152. The standard InChI is InChI=1S/C14H20BrN3/c1-3-11-13(15)12(18(4-2)17-11)9-14(10-16)7-5-6-8-14/h3-9H2,1-2H3. The van der Waals surface area contributed by atoms with E-state index in [-0.39, 0.29) is 5.41 Å². The Kier molecular flexibility index (Phi) is 4.11. The van der Waals surface area contributed by atoms with E-state index in [1.54, 1.807) is 0 Å². The van der Waals surface area contributed by atoms with E-state index in [4.69, 9.17) is 0 Å². The van der Waals surface area contributed by atoms with E-state index in [0.29, 0.717) is 0 Å². The van der Waals surface area contributed by atoms with Crippen molar-refractivity contribution in [2.75, 3.05) is 0 Å².